The van der Waals surface area contributed by atoms with E-state index < -0.39 is 75.3 Å². The summed E-state index contributed by atoms with van der Waals surface area (Å²) in [6.07, 6.45) is -0.418. The van der Waals surface area contributed by atoms with Gasteiger partial charge in [0.1, 0.15) is 23.4 Å². The van der Waals surface area contributed by atoms with Crippen LogP contribution >= 0.6 is 0 Å². The average molecular weight is 978 g/mol. The maximum Gasteiger partial charge on any atom is 0.241 e. The topological polar surface area (TPSA) is 302 Å². The molecule has 0 spiro atoms. The van der Waals surface area contributed by atoms with E-state index in [2.05, 4.69) is 26.0 Å². The molecule has 3 unspecified atom stereocenters. The molecule has 0 bridgehead atoms. The molecule has 1 saturated heterocycles. The third-order valence-electron chi connectivity index (χ3n) is 11.3. The van der Waals surface area contributed by atoms with E-state index in [1.165, 1.54) is 126 Å². The van der Waals surface area contributed by atoms with Crippen LogP contribution in [0.5, 0.6) is 0 Å². The summed E-state index contributed by atoms with van der Waals surface area (Å²) in [5.41, 5.74) is 1.85. The minimum Gasteiger partial charge on any atom is -0.325 e. The summed E-state index contributed by atoms with van der Waals surface area (Å²) in [4.78, 5) is 71.1. The summed E-state index contributed by atoms with van der Waals surface area (Å²) in [7, 11) is -4.38. The van der Waals surface area contributed by atoms with Crippen LogP contribution in [0.4, 0.5) is 38.5 Å². The van der Waals surface area contributed by atoms with Gasteiger partial charge in [0.25, 0.3) is 0 Å². The van der Waals surface area contributed by atoms with Crippen molar-refractivity contribution in [3.63, 3.8) is 0 Å². The van der Waals surface area contributed by atoms with E-state index >= 15 is 0 Å². The van der Waals surface area contributed by atoms with Gasteiger partial charge in [-0.2, -0.15) is 26.3 Å². The number of halogens is 1. The van der Waals surface area contributed by atoms with Crippen LogP contribution in [0.15, 0.2) is 133 Å². The number of nitrogens with zero attached hydrogens (tertiary/aromatic N) is 6. The molecule has 6 aromatic carbocycles. The highest BCUT2D eigenvalue weighted by Gasteiger charge is 2.48. The van der Waals surface area contributed by atoms with Crippen LogP contribution in [0.1, 0.15) is 34.2 Å². The van der Waals surface area contributed by atoms with E-state index in [1.807, 2.05) is 30.3 Å². The molecule has 0 radical (unpaired) electrons. The van der Waals surface area contributed by atoms with E-state index in [-0.39, 0.29) is 68.5 Å². The van der Waals surface area contributed by atoms with Crippen molar-refractivity contribution >= 4 is 73.7 Å². The highest BCUT2D eigenvalue weighted by molar-refractivity contribution is 7.93. The zero-order chi connectivity index (χ0) is 51.5. The molecular weight excluding hydrogens is 942 g/mol. The third-order valence-corrected chi connectivity index (χ3v) is 12.5. The van der Waals surface area contributed by atoms with Gasteiger partial charge >= 0.3 is 0 Å². The van der Waals surface area contributed by atoms with Crippen molar-refractivity contribution in [3.8, 4) is 41.5 Å². The van der Waals surface area contributed by atoms with Gasteiger partial charge in [0.15, 0.2) is 0 Å². The minimum atomic E-state index is -4.38. The van der Waals surface area contributed by atoms with E-state index in [1.54, 1.807) is 0 Å². The second-order valence-electron chi connectivity index (χ2n) is 16.1. The summed E-state index contributed by atoms with van der Waals surface area (Å²) < 4.78 is 42.7. The van der Waals surface area contributed by atoms with Gasteiger partial charge in [0, 0.05) is 51.8 Å². The summed E-state index contributed by atoms with van der Waals surface area (Å²) in [5.74, 6) is -9.97. The molecule has 20 heteroatoms. The fraction of sp³-hybridized carbons (Fsp3) is 0.115. The molecule has 7 rings (SSSR count). The standard InChI is InChI=1S/C52H36FN11O7S/c53-37-9-19-43(20-10-37)64-29-36(48(52(64)69)51(68)61-40-15-5-33(26-56)6-16-40)21-46(49(66)60-39-13-3-32(25-55)4-14-39)50(67)62-41-17-7-34(27-57)44(22-41)45-23-42(18-8-35(45)28-58)63-72(70,71)30-47(65)59-38-11-1-31(24-54)2-12-38/h1-20,22-23,36,46,48,63H,21,29-30H2,(H,59,65)(H,60,66)(H,61,68)(H,62,67). The lowest BCUT2D eigenvalue weighted by Gasteiger charge is -2.23. The molecule has 354 valence electrons. The predicted molar refractivity (Wildman–Crippen MR) is 261 cm³/mol. The maximum absolute atomic E-state index is 14.6. The monoisotopic (exact) mass is 977 g/mol. The number of carbonyl (C=O) groups excluding carboxylic acids is 5. The average Bonchev–Trinajstić information content (AvgIpc) is 3.70. The fourth-order valence-electron chi connectivity index (χ4n) is 7.84. The first-order chi connectivity index (χ1) is 34.6. The Bertz CT molecular complexity index is 3460. The molecule has 6 aromatic rings. The van der Waals surface area contributed by atoms with Gasteiger partial charge in [-0.3, -0.25) is 28.7 Å². The van der Waals surface area contributed by atoms with Crippen molar-refractivity contribution in [2.24, 2.45) is 17.8 Å². The van der Waals surface area contributed by atoms with Crippen molar-refractivity contribution in [1.82, 2.24) is 0 Å². The van der Waals surface area contributed by atoms with Gasteiger partial charge in [-0.25, -0.2) is 12.8 Å². The third kappa shape index (κ3) is 11.9. The molecule has 3 atom stereocenters. The Morgan fingerprint density at radius 1 is 0.583 bits per heavy atom. The van der Waals surface area contributed by atoms with E-state index in [9.17, 15) is 57.8 Å². The van der Waals surface area contributed by atoms with Crippen molar-refractivity contribution in [2.45, 2.75) is 6.42 Å². The highest BCUT2D eigenvalue weighted by Crippen LogP contribution is 2.37. The first kappa shape index (κ1) is 49.7. The lowest BCUT2D eigenvalue weighted by atomic mass is 9.84. The SMILES string of the molecule is N#Cc1ccc(NC(=O)CS(=O)(=O)Nc2ccc(C#N)c(-c3cc(NC(=O)C(CC4CN(c5ccc(F)cc5)C(=O)C4C(=O)Nc4ccc(C#N)cc4)C(=O)Nc4ccc(C#N)cc4)ccc3C#N)c2)cc1. The normalized spacial score (nSPS) is 14.2. The molecular formula is C52H36FN11O7S. The summed E-state index contributed by atoms with van der Waals surface area (Å²) in [5, 5.41) is 58.4. The summed E-state index contributed by atoms with van der Waals surface area (Å²) in [6.45, 7) is -0.191. The van der Waals surface area contributed by atoms with Gasteiger partial charge in [0.05, 0.1) is 58.2 Å². The van der Waals surface area contributed by atoms with E-state index in [4.69, 9.17) is 5.26 Å². The Labute approximate surface area is 411 Å². The van der Waals surface area contributed by atoms with E-state index in [0.29, 0.717) is 11.1 Å². The van der Waals surface area contributed by atoms with Crippen LogP contribution in [0.3, 0.4) is 0 Å². The molecule has 0 aromatic heterocycles. The number of carbonyl (C=O) groups is 5. The van der Waals surface area contributed by atoms with Gasteiger partial charge < -0.3 is 26.2 Å². The fourth-order valence-corrected chi connectivity index (χ4v) is 8.82. The number of rotatable bonds is 15. The summed E-state index contributed by atoms with van der Waals surface area (Å²) >= 11 is 0. The van der Waals surface area contributed by atoms with Crippen molar-refractivity contribution in [2.75, 3.05) is 43.2 Å². The first-order valence-corrected chi connectivity index (χ1v) is 23.1. The van der Waals surface area contributed by atoms with Crippen LogP contribution in [0.2, 0.25) is 0 Å². The Morgan fingerprint density at radius 3 is 1.53 bits per heavy atom. The van der Waals surface area contributed by atoms with Crippen LogP contribution in [0, 0.1) is 80.2 Å². The Kier molecular flexibility index (Phi) is 15.1. The predicted octanol–water partition coefficient (Wildman–Crippen LogP) is 6.73. The first-order valence-electron chi connectivity index (χ1n) is 21.5. The molecule has 18 nitrogen and oxygen atoms in total. The Hall–Kier alpha value is -10.2. The van der Waals surface area contributed by atoms with Gasteiger partial charge in [-0.1, -0.05) is 0 Å². The number of sulfonamides is 1. The number of anilines is 6. The molecule has 1 heterocycles. The lowest BCUT2D eigenvalue weighted by Crippen LogP contribution is -2.39. The number of benzene rings is 6. The number of nitrogens with one attached hydrogen (secondary N) is 5. The smallest absolute Gasteiger partial charge is 0.241 e. The van der Waals surface area contributed by atoms with E-state index in [0.717, 1.165) is 12.1 Å². The molecule has 1 fully saturated rings. The molecule has 5 N–H and O–H groups in total. The second-order valence-corrected chi connectivity index (χ2v) is 17.9. The molecule has 0 aliphatic carbocycles. The largest absolute Gasteiger partial charge is 0.325 e. The molecule has 72 heavy (non-hydrogen) atoms. The quantitative estimate of drug-likeness (QED) is 0.0669. The van der Waals surface area contributed by atoms with Crippen LogP contribution in [-0.2, 0) is 34.0 Å². The maximum atomic E-state index is 14.6. The zero-order valence-corrected chi connectivity index (χ0v) is 38.2. The summed E-state index contributed by atoms with van der Waals surface area (Å²) in [6, 6.07) is 40.0. The highest BCUT2D eigenvalue weighted by atomic mass is 32.2. The number of amides is 5. The second kappa shape index (κ2) is 21.8. The zero-order valence-electron chi connectivity index (χ0n) is 37.4. The van der Waals surface area contributed by atoms with Crippen molar-refractivity contribution < 1.29 is 36.8 Å². The number of hydrogen-bond acceptors (Lipinski definition) is 12. The lowest BCUT2D eigenvalue weighted by molar-refractivity contribution is -0.134. The molecule has 5 amide bonds. The Balaban J connectivity index is 1.19. The number of nitriles is 5. The van der Waals surface area contributed by atoms with Gasteiger partial charge in [-0.15, -0.1) is 0 Å². The van der Waals surface area contributed by atoms with Gasteiger partial charge in [-0.05, 0) is 146 Å². The number of hydrogen-bond donors (Lipinski definition) is 5. The van der Waals surface area contributed by atoms with Crippen LogP contribution in [-0.4, -0.2) is 50.3 Å². The molecule has 1 aliphatic heterocycles. The molecule has 0 saturated carbocycles. The van der Waals surface area contributed by atoms with Crippen molar-refractivity contribution in [1.29, 1.82) is 26.3 Å². The molecule has 1 aliphatic rings. The van der Waals surface area contributed by atoms with Crippen LogP contribution in [0.25, 0.3) is 11.1 Å². The van der Waals surface area contributed by atoms with Crippen LogP contribution < -0.4 is 30.9 Å². The minimum absolute atomic E-state index is 0.00469. The van der Waals surface area contributed by atoms with Crippen molar-refractivity contribution in [3.05, 3.63) is 167 Å². The van der Waals surface area contributed by atoms with Gasteiger partial charge in [0.2, 0.25) is 39.6 Å². The Morgan fingerprint density at radius 2 is 1.03 bits per heavy atom.